The normalized spacial score (nSPS) is 12.5. The zero-order valence-electron chi connectivity index (χ0n) is 16.5. The molecular weight excluding hydrogens is 334 g/mol. The Labute approximate surface area is 156 Å². The second-order valence-electron chi connectivity index (χ2n) is 7.27. The molecule has 4 N–H and O–H groups in total. The predicted octanol–water partition coefficient (Wildman–Crippen LogP) is 1.05. The lowest BCUT2D eigenvalue weighted by Crippen LogP contribution is -2.43. The molecule has 0 radical (unpaired) electrons. The van der Waals surface area contributed by atoms with Crippen LogP contribution in [0.3, 0.4) is 0 Å². The fourth-order valence-electron chi connectivity index (χ4n) is 2.33. The lowest BCUT2D eigenvalue weighted by Gasteiger charge is -2.21. The maximum absolute atomic E-state index is 12.0. The van der Waals surface area contributed by atoms with Crippen LogP contribution in [0.1, 0.15) is 33.3 Å². The molecule has 1 unspecified atom stereocenters. The van der Waals surface area contributed by atoms with Gasteiger partial charge in [-0.05, 0) is 33.8 Å². The second kappa shape index (κ2) is 11.0. The van der Waals surface area contributed by atoms with Crippen molar-refractivity contribution in [3.8, 4) is 11.5 Å². The Morgan fingerprint density at radius 2 is 1.92 bits per heavy atom. The number of carbonyl (C=O) groups is 1. The van der Waals surface area contributed by atoms with E-state index in [9.17, 15) is 9.90 Å². The number of hydrogen-bond acceptors (Lipinski definition) is 6. The SMILES string of the molecule is COc1cccc(CNCCNCC(C)O)c1OCC(=O)NC(C)(C)C. The average Bonchev–Trinajstić information content (AvgIpc) is 2.54. The summed E-state index contributed by atoms with van der Waals surface area (Å²) in [6.07, 6.45) is -0.354. The third kappa shape index (κ3) is 9.03. The number of benzene rings is 1. The molecule has 0 heterocycles. The number of carbonyl (C=O) groups excluding carboxylic acids is 1. The van der Waals surface area contributed by atoms with E-state index in [2.05, 4.69) is 16.0 Å². The van der Waals surface area contributed by atoms with Gasteiger partial charge in [-0.2, -0.15) is 0 Å². The van der Waals surface area contributed by atoms with Gasteiger partial charge in [-0.15, -0.1) is 0 Å². The minimum atomic E-state index is -0.354. The summed E-state index contributed by atoms with van der Waals surface area (Å²) in [6, 6.07) is 5.64. The smallest absolute Gasteiger partial charge is 0.258 e. The highest BCUT2D eigenvalue weighted by Crippen LogP contribution is 2.31. The molecule has 148 valence electrons. The summed E-state index contributed by atoms with van der Waals surface area (Å²) < 4.78 is 11.1. The van der Waals surface area contributed by atoms with E-state index in [1.807, 2.05) is 39.0 Å². The van der Waals surface area contributed by atoms with Gasteiger partial charge in [0.2, 0.25) is 0 Å². The molecule has 0 aromatic heterocycles. The van der Waals surface area contributed by atoms with E-state index in [0.717, 1.165) is 18.7 Å². The Morgan fingerprint density at radius 3 is 2.54 bits per heavy atom. The van der Waals surface area contributed by atoms with Crippen LogP contribution in [0.25, 0.3) is 0 Å². The molecule has 1 amide bonds. The van der Waals surface area contributed by atoms with Gasteiger partial charge < -0.3 is 30.5 Å². The van der Waals surface area contributed by atoms with Crippen LogP contribution in [0.5, 0.6) is 11.5 Å². The molecule has 0 aliphatic carbocycles. The zero-order chi connectivity index (χ0) is 19.6. The standard InChI is InChI=1S/C19H33N3O4/c1-14(23)11-20-9-10-21-12-15-7-6-8-16(25-5)18(15)26-13-17(24)22-19(2,3)4/h6-8,14,20-21,23H,9-13H2,1-5H3,(H,22,24). The molecule has 0 saturated heterocycles. The first kappa shape index (κ1) is 22.2. The molecule has 0 fully saturated rings. The molecule has 7 nitrogen and oxygen atoms in total. The third-order valence-electron chi connectivity index (χ3n) is 3.38. The summed E-state index contributed by atoms with van der Waals surface area (Å²) in [5.41, 5.74) is 0.619. The number of nitrogens with one attached hydrogen (secondary N) is 3. The number of hydrogen-bond donors (Lipinski definition) is 4. The van der Waals surface area contributed by atoms with Crippen molar-refractivity contribution in [1.82, 2.24) is 16.0 Å². The van der Waals surface area contributed by atoms with E-state index in [-0.39, 0.29) is 24.2 Å². The van der Waals surface area contributed by atoms with Crippen LogP contribution in [0.2, 0.25) is 0 Å². The van der Waals surface area contributed by atoms with E-state index in [0.29, 0.717) is 24.6 Å². The molecule has 1 aromatic carbocycles. The summed E-state index contributed by atoms with van der Waals surface area (Å²) in [4.78, 5) is 12.0. The van der Waals surface area contributed by atoms with E-state index in [1.165, 1.54) is 0 Å². The van der Waals surface area contributed by atoms with Crippen molar-refractivity contribution in [2.75, 3.05) is 33.4 Å². The van der Waals surface area contributed by atoms with Crippen LogP contribution in [-0.4, -0.2) is 56.0 Å². The van der Waals surface area contributed by atoms with Gasteiger partial charge in [0.05, 0.1) is 13.2 Å². The number of aliphatic hydroxyl groups excluding tert-OH is 1. The van der Waals surface area contributed by atoms with E-state index in [4.69, 9.17) is 9.47 Å². The Kier molecular flexibility index (Phi) is 9.40. The van der Waals surface area contributed by atoms with Gasteiger partial charge in [0, 0.05) is 37.3 Å². The monoisotopic (exact) mass is 367 g/mol. The Morgan fingerprint density at radius 1 is 1.23 bits per heavy atom. The van der Waals surface area contributed by atoms with Gasteiger partial charge in [0.15, 0.2) is 18.1 Å². The van der Waals surface area contributed by atoms with Crippen molar-refractivity contribution >= 4 is 5.91 Å². The van der Waals surface area contributed by atoms with Gasteiger partial charge >= 0.3 is 0 Å². The van der Waals surface area contributed by atoms with E-state index in [1.54, 1.807) is 14.0 Å². The highest BCUT2D eigenvalue weighted by molar-refractivity contribution is 5.78. The van der Waals surface area contributed by atoms with Crippen molar-refractivity contribution in [2.24, 2.45) is 0 Å². The molecule has 0 aliphatic heterocycles. The topological polar surface area (TPSA) is 91.8 Å². The molecule has 0 spiro atoms. The van der Waals surface area contributed by atoms with Crippen molar-refractivity contribution < 1.29 is 19.4 Å². The van der Waals surface area contributed by atoms with Crippen LogP contribution in [0, 0.1) is 0 Å². The van der Waals surface area contributed by atoms with Gasteiger partial charge in [0.1, 0.15) is 0 Å². The second-order valence-corrected chi connectivity index (χ2v) is 7.27. The number of amides is 1. The van der Waals surface area contributed by atoms with Crippen LogP contribution < -0.4 is 25.4 Å². The van der Waals surface area contributed by atoms with Crippen molar-refractivity contribution in [2.45, 2.75) is 45.9 Å². The molecule has 26 heavy (non-hydrogen) atoms. The molecule has 0 aliphatic rings. The summed E-state index contributed by atoms with van der Waals surface area (Å²) in [5.74, 6) is 0.994. The van der Waals surface area contributed by atoms with Crippen molar-refractivity contribution in [1.29, 1.82) is 0 Å². The lowest BCUT2D eigenvalue weighted by molar-refractivity contribution is -0.124. The van der Waals surface area contributed by atoms with Crippen molar-refractivity contribution in [3.05, 3.63) is 23.8 Å². The van der Waals surface area contributed by atoms with E-state index < -0.39 is 0 Å². The number of methoxy groups -OCH3 is 1. The fraction of sp³-hybridized carbons (Fsp3) is 0.632. The van der Waals surface area contributed by atoms with Crippen LogP contribution in [0.4, 0.5) is 0 Å². The highest BCUT2D eigenvalue weighted by Gasteiger charge is 2.16. The van der Waals surface area contributed by atoms with E-state index >= 15 is 0 Å². The Bertz CT molecular complexity index is 556. The molecule has 1 aromatic rings. The lowest BCUT2D eigenvalue weighted by atomic mass is 10.1. The average molecular weight is 367 g/mol. The first-order valence-corrected chi connectivity index (χ1v) is 8.92. The van der Waals surface area contributed by atoms with Gasteiger partial charge in [-0.25, -0.2) is 0 Å². The highest BCUT2D eigenvalue weighted by atomic mass is 16.5. The third-order valence-corrected chi connectivity index (χ3v) is 3.38. The summed E-state index contributed by atoms with van der Waals surface area (Å²) in [6.45, 7) is 10.1. The quantitative estimate of drug-likeness (QED) is 0.437. The Balaban J connectivity index is 2.59. The number of aliphatic hydroxyl groups is 1. The van der Waals surface area contributed by atoms with Gasteiger partial charge in [-0.3, -0.25) is 4.79 Å². The summed E-state index contributed by atoms with van der Waals surface area (Å²) in [7, 11) is 1.58. The molecule has 0 bridgehead atoms. The van der Waals surface area contributed by atoms with Crippen LogP contribution >= 0.6 is 0 Å². The summed E-state index contributed by atoms with van der Waals surface area (Å²) in [5, 5.41) is 18.5. The molecule has 1 rings (SSSR count). The minimum Gasteiger partial charge on any atom is -0.493 e. The minimum absolute atomic E-state index is 0.0689. The number of rotatable bonds is 11. The zero-order valence-corrected chi connectivity index (χ0v) is 16.5. The predicted molar refractivity (Wildman–Crippen MR) is 103 cm³/mol. The maximum atomic E-state index is 12.0. The molecule has 7 heteroatoms. The van der Waals surface area contributed by atoms with Crippen LogP contribution in [-0.2, 0) is 11.3 Å². The van der Waals surface area contributed by atoms with Gasteiger partial charge in [0.25, 0.3) is 5.91 Å². The molecular formula is C19H33N3O4. The largest absolute Gasteiger partial charge is 0.493 e. The van der Waals surface area contributed by atoms with Crippen LogP contribution in [0.15, 0.2) is 18.2 Å². The van der Waals surface area contributed by atoms with Crippen molar-refractivity contribution in [3.63, 3.8) is 0 Å². The van der Waals surface area contributed by atoms with Gasteiger partial charge in [-0.1, -0.05) is 12.1 Å². The number of ether oxygens (including phenoxy) is 2. The maximum Gasteiger partial charge on any atom is 0.258 e. The molecule has 0 saturated carbocycles. The molecule has 1 atom stereocenters. The first-order chi connectivity index (χ1) is 12.2. The first-order valence-electron chi connectivity index (χ1n) is 8.92. The Hall–Kier alpha value is -1.83. The summed E-state index contributed by atoms with van der Waals surface area (Å²) >= 11 is 0. The fourth-order valence-corrected chi connectivity index (χ4v) is 2.33. The number of para-hydroxylation sites is 1.